The lowest BCUT2D eigenvalue weighted by molar-refractivity contribution is -0.183. The summed E-state index contributed by atoms with van der Waals surface area (Å²) >= 11 is 1.57. The van der Waals surface area contributed by atoms with E-state index in [4.69, 9.17) is 5.11 Å². The van der Waals surface area contributed by atoms with Crippen LogP contribution >= 0.6 is 11.3 Å². The van der Waals surface area contributed by atoms with Crippen LogP contribution in [0.25, 0.3) is 10.2 Å². The Kier molecular flexibility index (Phi) is 2.60. The average molecular weight is 302 g/mol. The monoisotopic (exact) mass is 302 g/mol. The third kappa shape index (κ3) is 1.86. The molecule has 5 rings (SSSR count). The van der Waals surface area contributed by atoms with Crippen LogP contribution in [0.1, 0.15) is 24.8 Å². The minimum atomic E-state index is -1.37. The molecule has 1 aromatic heterocycles. The molecule has 3 aliphatic carbocycles. The first-order valence-electron chi connectivity index (χ1n) is 6.94. The number of carbonyl (C=O) groups is 2. The number of aromatic nitrogens is 1. The number of thiazole rings is 1. The standard InChI is InChI=1S/C15H14N2O3S/c18-13(14(19)20)17(15-4-10(5-15)6-15)7-9-1-2-12-11(3-9)16-8-21-12/h1-3,8,10H,4-7H2,(H,19,20). The topological polar surface area (TPSA) is 70.5 Å². The highest BCUT2D eigenvalue weighted by Gasteiger charge is 2.61. The normalized spacial score (nSPS) is 26.0. The maximum Gasteiger partial charge on any atom is 0.394 e. The fourth-order valence-corrected chi connectivity index (χ4v) is 4.18. The number of carbonyl (C=O) groups excluding carboxylic acids is 1. The van der Waals surface area contributed by atoms with E-state index >= 15 is 0 Å². The summed E-state index contributed by atoms with van der Waals surface area (Å²) in [5.41, 5.74) is 3.43. The minimum absolute atomic E-state index is 0.197. The van der Waals surface area contributed by atoms with Gasteiger partial charge in [0.2, 0.25) is 0 Å². The molecule has 3 fully saturated rings. The van der Waals surface area contributed by atoms with Gasteiger partial charge in [-0.05, 0) is 42.9 Å². The highest BCUT2D eigenvalue weighted by Crippen LogP contribution is 2.60. The van der Waals surface area contributed by atoms with Crippen LogP contribution in [-0.2, 0) is 16.1 Å². The van der Waals surface area contributed by atoms with Crippen molar-refractivity contribution in [2.45, 2.75) is 31.3 Å². The molecule has 0 unspecified atom stereocenters. The molecule has 3 saturated carbocycles. The number of aliphatic carboxylic acids is 1. The first kappa shape index (κ1) is 12.8. The molecule has 2 bridgehead atoms. The maximum atomic E-state index is 12.0. The fraction of sp³-hybridized carbons (Fsp3) is 0.400. The van der Waals surface area contributed by atoms with E-state index in [1.807, 2.05) is 18.2 Å². The molecule has 1 aromatic carbocycles. The van der Waals surface area contributed by atoms with Crippen LogP contribution in [0.15, 0.2) is 23.7 Å². The van der Waals surface area contributed by atoms with Crippen molar-refractivity contribution in [1.82, 2.24) is 9.88 Å². The fourth-order valence-electron chi connectivity index (χ4n) is 3.52. The van der Waals surface area contributed by atoms with Gasteiger partial charge in [-0.25, -0.2) is 9.78 Å². The van der Waals surface area contributed by atoms with Crippen molar-refractivity contribution in [2.75, 3.05) is 0 Å². The molecule has 0 saturated heterocycles. The van der Waals surface area contributed by atoms with Gasteiger partial charge in [-0.15, -0.1) is 11.3 Å². The summed E-state index contributed by atoms with van der Waals surface area (Å²) in [5.74, 6) is -1.46. The molecule has 6 heteroatoms. The quantitative estimate of drug-likeness (QED) is 0.883. The van der Waals surface area contributed by atoms with Crippen LogP contribution in [0.2, 0.25) is 0 Å². The summed E-state index contributed by atoms with van der Waals surface area (Å²) in [5, 5.41) is 9.07. The highest BCUT2D eigenvalue weighted by molar-refractivity contribution is 7.16. The molecule has 3 aliphatic rings. The van der Waals surface area contributed by atoms with Gasteiger partial charge in [0.05, 0.1) is 15.7 Å². The number of hydrogen-bond acceptors (Lipinski definition) is 4. The molecule has 2 aromatic rings. The average Bonchev–Trinajstić information content (AvgIpc) is 2.80. The molecular weight excluding hydrogens is 288 g/mol. The zero-order valence-electron chi connectivity index (χ0n) is 11.3. The maximum absolute atomic E-state index is 12.0. The smallest absolute Gasteiger partial charge is 0.394 e. The number of nitrogens with zero attached hydrogens (tertiary/aromatic N) is 2. The first-order chi connectivity index (χ1) is 10.1. The molecule has 5 nitrogen and oxygen atoms in total. The van der Waals surface area contributed by atoms with Gasteiger partial charge in [-0.1, -0.05) is 6.07 Å². The van der Waals surface area contributed by atoms with Gasteiger partial charge in [-0.3, -0.25) is 4.79 Å². The van der Waals surface area contributed by atoms with Crippen molar-refractivity contribution >= 4 is 33.4 Å². The molecule has 21 heavy (non-hydrogen) atoms. The van der Waals surface area contributed by atoms with Crippen molar-refractivity contribution in [1.29, 1.82) is 0 Å². The molecule has 1 amide bonds. The second-order valence-electron chi connectivity index (χ2n) is 6.05. The van der Waals surface area contributed by atoms with E-state index in [2.05, 4.69) is 4.98 Å². The van der Waals surface area contributed by atoms with Crippen molar-refractivity contribution < 1.29 is 14.7 Å². The number of hydrogen-bond donors (Lipinski definition) is 1. The summed E-state index contributed by atoms with van der Waals surface area (Å²) < 4.78 is 1.10. The number of carboxylic acid groups (broad SMARTS) is 1. The Morgan fingerprint density at radius 1 is 1.38 bits per heavy atom. The summed E-state index contributed by atoms with van der Waals surface area (Å²) in [6, 6.07) is 5.88. The third-order valence-corrected chi connectivity index (χ3v) is 5.55. The third-order valence-electron chi connectivity index (χ3n) is 4.74. The van der Waals surface area contributed by atoms with Crippen LogP contribution in [-0.4, -0.2) is 32.4 Å². The van der Waals surface area contributed by atoms with Crippen molar-refractivity contribution in [3.63, 3.8) is 0 Å². The number of fused-ring (bicyclic) bond motifs is 1. The summed E-state index contributed by atoms with van der Waals surface area (Å²) in [6.07, 6.45) is 2.85. The van der Waals surface area contributed by atoms with Crippen LogP contribution in [0.5, 0.6) is 0 Å². The van der Waals surface area contributed by atoms with Gasteiger partial charge in [0.1, 0.15) is 0 Å². The Morgan fingerprint density at radius 3 is 2.76 bits per heavy atom. The van der Waals surface area contributed by atoms with E-state index in [0.717, 1.165) is 35.0 Å². The Labute approximate surface area is 125 Å². The lowest BCUT2D eigenvalue weighted by Gasteiger charge is -2.66. The van der Waals surface area contributed by atoms with E-state index in [1.165, 1.54) is 0 Å². The van der Waals surface area contributed by atoms with E-state index < -0.39 is 11.9 Å². The van der Waals surface area contributed by atoms with Gasteiger partial charge >= 0.3 is 11.9 Å². The van der Waals surface area contributed by atoms with Gasteiger partial charge in [0, 0.05) is 12.1 Å². The van der Waals surface area contributed by atoms with E-state index in [1.54, 1.807) is 21.7 Å². The van der Waals surface area contributed by atoms with Gasteiger partial charge in [0.25, 0.3) is 0 Å². The SMILES string of the molecule is O=C(O)C(=O)N(Cc1ccc2scnc2c1)C12CC(C1)C2. The molecular formula is C15H14N2O3S. The van der Waals surface area contributed by atoms with E-state index in [-0.39, 0.29) is 5.54 Å². The second-order valence-corrected chi connectivity index (χ2v) is 6.94. The molecule has 0 radical (unpaired) electrons. The Balaban J connectivity index is 1.64. The van der Waals surface area contributed by atoms with Gasteiger partial charge < -0.3 is 10.0 Å². The van der Waals surface area contributed by atoms with Gasteiger partial charge in [0.15, 0.2) is 0 Å². The predicted octanol–water partition coefficient (Wildman–Crippen LogP) is 2.26. The lowest BCUT2D eigenvalue weighted by Crippen LogP contribution is -2.69. The van der Waals surface area contributed by atoms with Crippen LogP contribution in [0.3, 0.4) is 0 Å². The second kappa shape index (κ2) is 4.27. The number of benzene rings is 1. The summed E-state index contributed by atoms with van der Waals surface area (Å²) in [7, 11) is 0. The molecule has 0 spiro atoms. The molecule has 0 atom stereocenters. The first-order valence-corrected chi connectivity index (χ1v) is 7.82. The van der Waals surface area contributed by atoms with Crippen LogP contribution < -0.4 is 0 Å². The Bertz CT molecular complexity index is 737. The summed E-state index contributed by atoms with van der Waals surface area (Å²) in [4.78, 5) is 29.0. The van der Waals surface area contributed by atoms with Crippen molar-refractivity contribution in [3.05, 3.63) is 29.3 Å². The van der Waals surface area contributed by atoms with Crippen LogP contribution in [0, 0.1) is 5.92 Å². The van der Waals surface area contributed by atoms with E-state index in [0.29, 0.717) is 12.5 Å². The minimum Gasteiger partial charge on any atom is -0.474 e. The van der Waals surface area contributed by atoms with Crippen LogP contribution in [0.4, 0.5) is 0 Å². The highest BCUT2D eigenvalue weighted by atomic mass is 32.1. The zero-order chi connectivity index (χ0) is 14.6. The molecule has 108 valence electrons. The lowest BCUT2D eigenvalue weighted by atomic mass is 9.49. The number of rotatable bonds is 3. The predicted molar refractivity (Wildman–Crippen MR) is 77.9 cm³/mol. The summed E-state index contributed by atoms with van der Waals surface area (Å²) in [6.45, 7) is 0.352. The molecule has 1 N–H and O–H groups in total. The molecule has 1 heterocycles. The van der Waals surface area contributed by atoms with Crippen molar-refractivity contribution in [2.24, 2.45) is 5.92 Å². The van der Waals surface area contributed by atoms with E-state index in [9.17, 15) is 9.59 Å². The Morgan fingerprint density at radius 2 is 2.14 bits per heavy atom. The largest absolute Gasteiger partial charge is 0.474 e. The Hall–Kier alpha value is -1.95. The van der Waals surface area contributed by atoms with Gasteiger partial charge in [-0.2, -0.15) is 0 Å². The number of amides is 1. The molecule has 0 aliphatic heterocycles. The van der Waals surface area contributed by atoms with Crippen molar-refractivity contribution in [3.8, 4) is 0 Å². The zero-order valence-corrected chi connectivity index (χ0v) is 12.1. The number of carboxylic acids is 1.